The molecule has 0 saturated carbocycles. The number of ether oxygens (including phenoxy) is 5. The quantitative estimate of drug-likeness (QED) is 0.325. The first-order valence-electron chi connectivity index (χ1n) is 10.3. The zero-order chi connectivity index (χ0) is 25.7. The van der Waals surface area contributed by atoms with E-state index in [1.165, 1.54) is 11.5 Å². The standard InChI is InChI=1S/C22H26N2O9S/c1-10-7-11(2)24(22(34)16(10)8-23)21-20(32-15(6)28)19(31-14(5)27)18(30-13(4)26)17(33-21)9-29-12(3)25/h7,17-21H,9H2,1-6H3/t17-,18+,19+,20-,21+/m0/s1. The molecule has 1 aromatic heterocycles. The molecule has 1 fully saturated rings. The van der Waals surface area contributed by atoms with E-state index in [4.69, 9.17) is 35.9 Å². The number of hydrogen-bond acceptors (Lipinski definition) is 11. The summed E-state index contributed by atoms with van der Waals surface area (Å²) >= 11 is 5.53. The minimum atomic E-state index is -1.34. The summed E-state index contributed by atoms with van der Waals surface area (Å²) in [6.45, 7) is 7.67. The van der Waals surface area contributed by atoms with Gasteiger partial charge in [0, 0.05) is 33.4 Å². The van der Waals surface area contributed by atoms with Crippen molar-refractivity contribution in [2.24, 2.45) is 0 Å². The van der Waals surface area contributed by atoms with Crippen LogP contribution in [0.2, 0.25) is 0 Å². The van der Waals surface area contributed by atoms with Crippen LogP contribution in [0.5, 0.6) is 0 Å². The molecule has 0 amide bonds. The second-order valence-electron chi connectivity index (χ2n) is 7.72. The highest BCUT2D eigenvalue weighted by molar-refractivity contribution is 7.71. The molecule has 2 heterocycles. The second-order valence-corrected chi connectivity index (χ2v) is 8.11. The predicted molar refractivity (Wildman–Crippen MR) is 117 cm³/mol. The van der Waals surface area contributed by atoms with E-state index in [2.05, 4.69) is 0 Å². The largest absolute Gasteiger partial charge is 0.463 e. The maximum absolute atomic E-state index is 12.0. The SMILES string of the molecule is CC(=O)OC[C@@H]1O[C@@H](n2c(C)cc(C)c(C#N)c2=S)[C@@H](OC(C)=O)[C@H](OC(C)=O)[C@@H]1OC(C)=O. The van der Waals surface area contributed by atoms with Gasteiger partial charge >= 0.3 is 23.9 Å². The summed E-state index contributed by atoms with van der Waals surface area (Å²) < 4.78 is 29.0. The monoisotopic (exact) mass is 494 g/mol. The van der Waals surface area contributed by atoms with Crippen molar-refractivity contribution >= 4 is 36.1 Å². The third-order valence-electron chi connectivity index (χ3n) is 4.96. The molecule has 0 aliphatic carbocycles. The van der Waals surface area contributed by atoms with Crippen LogP contribution in [0.3, 0.4) is 0 Å². The van der Waals surface area contributed by atoms with Gasteiger partial charge in [-0.15, -0.1) is 0 Å². The van der Waals surface area contributed by atoms with Crippen LogP contribution in [0.25, 0.3) is 0 Å². The number of carbonyl (C=O) groups excluding carboxylic acids is 4. The van der Waals surface area contributed by atoms with Gasteiger partial charge in [0.1, 0.15) is 23.4 Å². The lowest BCUT2D eigenvalue weighted by atomic mass is 9.96. The molecule has 0 radical (unpaired) electrons. The number of aromatic nitrogens is 1. The Morgan fingerprint density at radius 3 is 2.00 bits per heavy atom. The van der Waals surface area contributed by atoms with Crippen LogP contribution in [0.15, 0.2) is 6.07 Å². The highest BCUT2D eigenvalue weighted by Crippen LogP contribution is 2.36. The molecule has 0 unspecified atom stereocenters. The molecule has 1 aliphatic rings. The maximum Gasteiger partial charge on any atom is 0.303 e. The first kappa shape index (κ1) is 26.9. The number of hydrogen-bond donors (Lipinski definition) is 0. The van der Waals surface area contributed by atoms with E-state index < -0.39 is 54.5 Å². The second kappa shape index (κ2) is 11.2. The number of nitrogens with zero attached hydrogens (tertiary/aromatic N) is 2. The van der Waals surface area contributed by atoms with Crippen LogP contribution < -0.4 is 0 Å². The van der Waals surface area contributed by atoms with Crippen molar-refractivity contribution in [1.82, 2.24) is 4.57 Å². The van der Waals surface area contributed by atoms with Crippen LogP contribution in [0, 0.1) is 29.8 Å². The average molecular weight is 495 g/mol. The molecular weight excluding hydrogens is 468 g/mol. The lowest BCUT2D eigenvalue weighted by Crippen LogP contribution is -2.60. The van der Waals surface area contributed by atoms with E-state index in [0.29, 0.717) is 11.3 Å². The first-order valence-corrected chi connectivity index (χ1v) is 10.7. The summed E-state index contributed by atoms with van der Waals surface area (Å²) in [6, 6.07) is 3.74. The number of rotatable bonds is 6. The molecule has 1 saturated heterocycles. The van der Waals surface area contributed by atoms with Gasteiger partial charge < -0.3 is 28.3 Å². The van der Waals surface area contributed by atoms with Crippen molar-refractivity contribution in [2.45, 2.75) is 72.2 Å². The van der Waals surface area contributed by atoms with Gasteiger partial charge in [0.05, 0.1) is 5.56 Å². The third-order valence-corrected chi connectivity index (χ3v) is 5.37. The molecule has 34 heavy (non-hydrogen) atoms. The normalized spacial score (nSPS) is 23.9. The molecular formula is C22H26N2O9S. The van der Waals surface area contributed by atoms with Gasteiger partial charge in [-0.3, -0.25) is 19.2 Å². The molecule has 1 aromatic rings. The van der Waals surface area contributed by atoms with Gasteiger partial charge in [-0.05, 0) is 25.5 Å². The highest BCUT2D eigenvalue weighted by Gasteiger charge is 2.53. The molecule has 5 atom stereocenters. The lowest BCUT2D eigenvalue weighted by molar-refractivity contribution is -0.269. The van der Waals surface area contributed by atoms with Crippen molar-refractivity contribution in [2.75, 3.05) is 6.61 Å². The van der Waals surface area contributed by atoms with E-state index in [1.807, 2.05) is 6.07 Å². The molecule has 12 heteroatoms. The summed E-state index contributed by atoms with van der Waals surface area (Å²) in [6.07, 6.45) is -6.27. The van der Waals surface area contributed by atoms with Crippen molar-refractivity contribution in [3.05, 3.63) is 27.5 Å². The summed E-state index contributed by atoms with van der Waals surface area (Å²) in [7, 11) is 0. The minimum absolute atomic E-state index is 0.0981. The summed E-state index contributed by atoms with van der Waals surface area (Å²) in [5.74, 6) is -2.82. The van der Waals surface area contributed by atoms with Gasteiger partial charge in [-0.25, -0.2) is 0 Å². The van der Waals surface area contributed by atoms with Crippen LogP contribution >= 0.6 is 12.2 Å². The Morgan fingerprint density at radius 1 is 0.971 bits per heavy atom. The Labute approximate surface area is 201 Å². The number of carbonyl (C=O) groups is 4. The molecule has 11 nitrogen and oxygen atoms in total. The van der Waals surface area contributed by atoms with E-state index in [9.17, 15) is 24.4 Å². The average Bonchev–Trinajstić information content (AvgIpc) is 2.69. The van der Waals surface area contributed by atoms with Crippen LogP contribution in [0.4, 0.5) is 0 Å². The van der Waals surface area contributed by atoms with Crippen LogP contribution in [-0.2, 0) is 42.9 Å². The van der Waals surface area contributed by atoms with Crippen molar-refractivity contribution < 1.29 is 42.9 Å². The molecule has 2 rings (SSSR count). The molecule has 0 spiro atoms. The molecule has 0 aromatic carbocycles. The van der Waals surface area contributed by atoms with E-state index in [-0.39, 0.29) is 16.8 Å². The van der Waals surface area contributed by atoms with E-state index >= 15 is 0 Å². The molecule has 1 aliphatic heterocycles. The summed E-state index contributed by atoms with van der Waals surface area (Å²) in [4.78, 5) is 47.3. The van der Waals surface area contributed by atoms with Crippen LogP contribution in [0.1, 0.15) is 50.7 Å². The number of pyridine rings is 1. The summed E-state index contributed by atoms with van der Waals surface area (Å²) in [5, 5.41) is 9.59. The smallest absolute Gasteiger partial charge is 0.303 e. The van der Waals surface area contributed by atoms with Crippen molar-refractivity contribution in [3.63, 3.8) is 0 Å². The number of esters is 4. The van der Waals surface area contributed by atoms with Gasteiger partial charge in [0.15, 0.2) is 24.5 Å². The van der Waals surface area contributed by atoms with Gasteiger partial charge in [-0.1, -0.05) is 12.2 Å². The van der Waals surface area contributed by atoms with Crippen LogP contribution in [-0.4, -0.2) is 59.5 Å². The Kier molecular flexibility index (Phi) is 8.89. The molecule has 0 bridgehead atoms. The fourth-order valence-corrected chi connectivity index (χ4v) is 4.22. The van der Waals surface area contributed by atoms with Gasteiger partial charge in [0.2, 0.25) is 0 Å². The van der Waals surface area contributed by atoms with E-state index in [1.54, 1.807) is 19.9 Å². The van der Waals surface area contributed by atoms with Gasteiger partial charge in [0.25, 0.3) is 0 Å². The fourth-order valence-electron chi connectivity index (χ4n) is 3.77. The third kappa shape index (κ3) is 6.18. The zero-order valence-corrected chi connectivity index (χ0v) is 20.5. The molecule has 184 valence electrons. The van der Waals surface area contributed by atoms with Crippen molar-refractivity contribution in [3.8, 4) is 6.07 Å². The highest BCUT2D eigenvalue weighted by atomic mass is 32.1. The fraction of sp³-hybridized carbons (Fsp3) is 0.545. The van der Waals surface area contributed by atoms with Gasteiger partial charge in [-0.2, -0.15) is 5.26 Å². The van der Waals surface area contributed by atoms with E-state index in [0.717, 1.165) is 20.8 Å². The zero-order valence-electron chi connectivity index (χ0n) is 19.6. The first-order chi connectivity index (χ1) is 15.9. The minimum Gasteiger partial charge on any atom is -0.463 e. The summed E-state index contributed by atoms with van der Waals surface area (Å²) in [5.41, 5.74) is 1.39. The Morgan fingerprint density at radius 2 is 1.50 bits per heavy atom. The topological polar surface area (TPSA) is 143 Å². The predicted octanol–water partition coefficient (Wildman–Crippen LogP) is 1.96. The number of aryl methyl sites for hydroxylation is 2. The lowest BCUT2D eigenvalue weighted by Gasteiger charge is -2.45. The van der Waals surface area contributed by atoms with Crippen molar-refractivity contribution in [1.29, 1.82) is 5.26 Å². The Hall–Kier alpha value is -3.30. The number of nitriles is 1. The maximum atomic E-state index is 12.0. The molecule has 0 N–H and O–H groups in total. The Balaban J connectivity index is 2.75. The Bertz CT molecular complexity index is 1090.